The number of pyridine rings is 1. The van der Waals surface area contributed by atoms with Crippen LogP contribution in [0.25, 0.3) is 0 Å². The van der Waals surface area contributed by atoms with E-state index in [2.05, 4.69) is 26.1 Å². The lowest BCUT2D eigenvalue weighted by Gasteiger charge is -2.20. The molecule has 0 saturated carbocycles. The molecule has 1 aromatic heterocycles. The quantitative estimate of drug-likeness (QED) is 0.375. The molecule has 1 heterocycles. The lowest BCUT2D eigenvalue weighted by atomic mass is 10.2. The average molecular weight is 370 g/mol. The third-order valence-electron chi connectivity index (χ3n) is 2.95. The monoisotopic (exact) mass is 368 g/mol. The van der Waals surface area contributed by atoms with E-state index in [1.54, 1.807) is 12.3 Å². The molecule has 5 nitrogen and oxygen atoms in total. The molecular formula is C14H14BrClN4O. The van der Waals surface area contributed by atoms with Gasteiger partial charge in [-0.2, -0.15) is 0 Å². The summed E-state index contributed by atoms with van der Waals surface area (Å²) < 4.78 is 1.03. The first-order valence-electron chi connectivity index (χ1n) is 6.11. The Kier molecular flexibility index (Phi) is 5.03. The summed E-state index contributed by atoms with van der Waals surface area (Å²) in [5.74, 6) is 0.532. The van der Waals surface area contributed by atoms with Crippen molar-refractivity contribution in [1.82, 2.24) is 4.98 Å². The van der Waals surface area contributed by atoms with Crippen LogP contribution < -0.4 is 10.6 Å². The summed E-state index contributed by atoms with van der Waals surface area (Å²) in [7, 11) is 1.88. The van der Waals surface area contributed by atoms with Crippen molar-refractivity contribution in [2.75, 3.05) is 11.9 Å². The minimum atomic E-state index is -0.0410. The van der Waals surface area contributed by atoms with E-state index < -0.39 is 0 Å². The molecule has 7 heteroatoms. The Labute approximate surface area is 136 Å². The Hall–Kier alpha value is -1.79. The van der Waals surface area contributed by atoms with Crippen molar-refractivity contribution in [3.8, 4) is 0 Å². The van der Waals surface area contributed by atoms with Crippen LogP contribution in [-0.2, 0) is 6.54 Å². The molecule has 0 unspecified atom stereocenters. The first-order valence-corrected chi connectivity index (χ1v) is 7.28. The number of aromatic nitrogens is 1. The zero-order valence-electron chi connectivity index (χ0n) is 11.3. The van der Waals surface area contributed by atoms with Crippen molar-refractivity contribution >= 4 is 39.2 Å². The number of anilines is 1. The van der Waals surface area contributed by atoms with Gasteiger partial charge in [-0.1, -0.05) is 44.8 Å². The van der Waals surface area contributed by atoms with E-state index in [9.17, 15) is 0 Å². The molecule has 0 bridgehead atoms. The van der Waals surface area contributed by atoms with Gasteiger partial charge in [0.2, 0.25) is 0 Å². The van der Waals surface area contributed by atoms with Crippen molar-refractivity contribution in [2.45, 2.75) is 6.54 Å². The molecule has 0 aliphatic carbocycles. The first kappa shape index (κ1) is 15.6. The number of rotatable bonds is 4. The van der Waals surface area contributed by atoms with Gasteiger partial charge in [0, 0.05) is 29.8 Å². The third-order valence-corrected chi connectivity index (χ3v) is 3.85. The zero-order chi connectivity index (χ0) is 15.4. The molecule has 0 radical (unpaired) electrons. The van der Waals surface area contributed by atoms with E-state index in [4.69, 9.17) is 22.5 Å². The maximum absolute atomic E-state index is 8.77. The fourth-order valence-corrected chi connectivity index (χ4v) is 2.51. The number of nitrogens with zero attached hydrogens (tertiary/aromatic N) is 3. The Bertz CT molecular complexity index is 661. The normalized spacial score (nSPS) is 11.5. The second-order valence-electron chi connectivity index (χ2n) is 4.46. The van der Waals surface area contributed by atoms with E-state index in [1.165, 1.54) is 0 Å². The predicted octanol–water partition coefficient (Wildman–Crippen LogP) is 3.23. The molecule has 0 saturated heterocycles. The summed E-state index contributed by atoms with van der Waals surface area (Å²) in [6.07, 6.45) is 1.58. The first-order chi connectivity index (χ1) is 10.0. The topological polar surface area (TPSA) is 74.7 Å². The van der Waals surface area contributed by atoms with Crippen LogP contribution >= 0.6 is 27.5 Å². The van der Waals surface area contributed by atoms with Gasteiger partial charge in [0.25, 0.3) is 0 Å². The molecule has 0 spiro atoms. The zero-order valence-corrected chi connectivity index (χ0v) is 13.6. The van der Waals surface area contributed by atoms with Crippen LogP contribution in [0.1, 0.15) is 11.1 Å². The predicted molar refractivity (Wildman–Crippen MR) is 88.0 cm³/mol. The maximum Gasteiger partial charge on any atom is 0.171 e. The highest BCUT2D eigenvalue weighted by molar-refractivity contribution is 9.10. The average Bonchev–Trinajstić information content (AvgIpc) is 2.49. The van der Waals surface area contributed by atoms with Gasteiger partial charge in [-0.15, -0.1) is 0 Å². The summed E-state index contributed by atoms with van der Waals surface area (Å²) >= 11 is 9.69. The molecule has 3 N–H and O–H groups in total. The molecule has 21 heavy (non-hydrogen) atoms. The van der Waals surface area contributed by atoms with Gasteiger partial charge in [0.15, 0.2) is 5.84 Å². The van der Waals surface area contributed by atoms with E-state index in [-0.39, 0.29) is 5.84 Å². The summed E-state index contributed by atoms with van der Waals surface area (Å²) in [6, 6.07) is 9.59. The third kappa shape index (κ3) is 3.65. The Morgan fingerprint density at radius 1 is 1.38 bits per heavy atom. The number of oxime groups is 1. The summed E-state index contributed by atoms with van der Waals surface area (Å²) in [6.45, 7) is 0.639. The fraction of sp³-hybridized carbons (Fsp3) is 0.143. The number of hydrogen-bond acceptors (Lipinski definition) is 4. The SMILES string of the molecule is CN(Cc1ccc(Br)cc1)c1nccc(/C(N)=N/O)c1Cl. The molecule has 110 valence electrons. The molecular weight excluding hydrogens is 356 g/mol. The Balaban J connectivity index is 2.27. The van der Waals surface area contributed by atoms with Crippen molar-refractivity contribution in [2.24, 2.45) is 10.9 Å². The highest BCUT2D eigenvalue weighted by atomic mass is 79.9. The molecule has 1 aromatic carbocycles. The lowest BCUT2D eigenvalue weighted by molar-refractivity contribution is 0.318. The van der Waals surface area contributed by atoms with Gasteiger partial charge in [0.05, 0.1) is 5.02 Å². The van der Waals surface area contributed by atoms with Gasteiger partial charge in [0.1, 0.15) is 5.82 Å². The molecule has 2 rings (SSSR count). The van der Waals surface area contributed by atoms with Gasteiger partial charge >= 0.3 is 0 Å². The molecule has 0 aliphatic rings. The summed E-state index contributed by atoms with van der Waals surface area (Å²) in [5, 5.41) is 12.1. The number of amidine groups is 1. The highest BCUT2D eigenvalue weighted by Gasteiger charge is 2.14. The van der Waals surface area contributed by atoms with E-state index in [1.807, 2.05) is 36.2 Å². The van der Waals surface area contributed by atoms with Crippen LogP contribution in [0.15, 0.2) is 46.2 Å². The van der Waals surface area contributed by atoms with Crippen LogP contribution in [-0.4, -0.2) is 23.1 Å². The van der Waals surface area contributed by atoms with E-state index in [0.29, 0.717) is 22.9 Å². The van der Waals surface area contributed by atoms with Gasteiger partial charge in [-0.05, 0) is 23.8 Å². The van der Waals surface area contributed by atoms with Crippen LogP contribution in [0.5, 0.6) is 0 Å². The van der Waals surface area contributed by atoms with E-state index in [0.717, 1.165) is 10.0 Å². The minimum absolute atomic E-state index is 0.0410. The highest BCUT2D eigenvalue weighted by Crippen LogP contribution is 2.27. The van der Waals surface area contributed by atoms with Crippen LogP contribution in [0, 0.1) is 0 Å². The summed E-state index contributed by atoms with van der Waals surface area (Å²) in [5.41, 5.74) is 7.17. The van der Waals surface area contributed by atoms with Crippen molar-refractivity contribution in [3.05, 3.63) is 57.2 Å². The van der Waals surface area contributed by atoms with Crippen LogP contribution in [0.4, 0.5) is 5.82 Å². The van der Waals surface area contributed by atoms with Crippen molar-refractivity contribution < 1.29 is 5.21 Å². The van der Waals surface area contributed by atoms with Gasteiger partial charge in [-0.3, -0.25) is 0 Å². The molecule has 0 fully saturated rings. The number of hydrogen-bond donors (Lipinski definition) is 2. The Morgan fingerprint density at radius 2 is 2.05 bits per heavy atom. The lowest BCUT2D eigenvalue weighted by Crippen LogP contribution is -2.20. The van der Waals surface area contributed by atoms with Crippen molar-refractivity contribution in [3.63, 3.8) is 0 Å². The number of halogens is 2. The van der Waals surface area contributed by atoms with Crippen LogP contribution in [0.2, 0.25) is 5.02 Å². The molecule has 2 aromatic rings. The molecule has 0 amide bonds. The number of benzene rings is 1. The smallest absolute Gasteiger partial charge is 0.171 e. The minimum Gasteiger partial charge on any atom is -0.409 e. The van der Waals surface area contributed by atoms with Crippen molar-refractivity contribution in [1.29, 1.82) is 0 Å². The fourth-order valence-electron chi connectivity index (χ4n) is 1.89. The largest absolute Gasteiger partial charge is 0.409 e. The second-order valence-corrected chi connectivity index (χ2v) is 5.76. The van der Waals surface area contributed by atoms with Crippen LogP contribution in [0.3, 0.4) is 0 Å². The van der Waals surface area contributed by atoms with E-state index >= 15 is 0 Å². The van der Waals surface area contributed by atoms with Gasteiger partial charge in [-0.25, -0.2) is 4.98 Å². The van der Waals surface area contributed by atoms with Gasteiger partial charge < -0.3 is 15.8 Å². The Morgan fingerprint density at radius 3 is 2.67 bits per heavy atom. The maximum atomic E-state index is 8.77. The molecule has 0 atom stereocenters. The number of nitrogens with two attached hydrogens (primary N) is 1. The standard InChI is InChI=1S/C14H14BrClN4O/c1-20(8-9-2-4-10(15)5-3-9)14-12(16)11(6-7-18-14)13(17)19-21/h2-7,21H,8H2,1H3,(H2,17,19). The second kappa shape index (κ2) is 6.78. The molecule has 0 aliphatic heterocycles. The summed E-state index contributed by atoms with van der Waals surface area (Å²) in [4.78, 5) is 6.16.